The van der Waals surface area contributed by atoms with E-state index in [4.69, 9.17) is 4.74 Å². The van der Waals surface area contributed by atoms with Gasteiger partial charge in [0.2, 0.25) is 5.91 Å². The van der Waals surface area contributed by atoms with E-state index >= 15 is 0 Å². The van der Waals surface area contributed by atoms with Gasteiger partial charge in [-0.25, -0.2) is 4.39 Å². The monoisotopic (exact) mass is 448 g/mol. The molecule has 2 amide bonds. The van der Waals surface area contributed by atoms with E-state index in [1.807, 2.05) is 68.4 Å². The van der Waals surface area contributed by atoms with E-state index in [1.165, 1.54) is 17.0 Å². The fourth-order valence-corrected chi connectivity index (χ4v) is 3.60. The smallest absolute Gasteiger partial charge is 0.261 e. The minimum absolute atomic E-state index is 0.000638. The lowest BCUT2D eigenvalue weighted by molar-refractivity contribution is -0.142. The number of nitrogens with zero attached hydrogens (tertiary/aromatic N) is 1. The van der Waals surface area contributed by atoms with Gasteiger partial charge in [-0.05, 0) is 42.7 Å². The van der Waals surface area contributed by atoms with E-state index in [1.54, 1.807) is 12.1 Å². The molecule has 0 heterocycles. The molecule has 0 spiro atoms. The molecule has 3 rings (SSSR count). The molecule has 5 nitrogen and oxygen atoms in total. The van der Waals surface area contributed by atoms with Crippen molar-refractivity contribution in [1.29, 1.82) is 0 Å². The van der Waals surface area contributed by atoms with Crippen molar-refractivity contribution in [3.05, 3.63) is 101 Å². The molecule has 0 bridgehead atoms. The number of nitrogens with one attached hydrogen (secondary N) is 1. The number of carbonyl (C=O) groups is 2. The van der Waals surface area contributed by atoms with Crippen LogP contribution in [0.3, 0.4) is 0 Å². The van der Waals surface area contributed by atoms with Crippen molar-refractivity contribution in [1.82, 2.24) is 10.2 Å². The van der Waals surface area contributed by atoms with Gasteiger partial charge < -0.3 is 15.0 Å². The van der Waals surface area contributed by atoms with Crippen LogP contribution in [0.5, 0.6) is 5.75 Å². The standard InChI is InChI=1S/C27H29FN2O3/c1-3-29-27(32)24(17-21-12-5-4-6-13-21)30(18-22-14-8-7-11-20(22)2)26(31)19-33-25-16-10-9-15-23(25)28/h4-16,24H,3,17-19H2,1-2H3,(H,29,32). The lowest BCUT2D eigenvalue weighted by Gasteiger charge is -2.31. The Morgan fingerprint density at radius 1 is 0.970 bits per heavy atom. The molecule has 0 radical (unpaired) electrons. The van der Waals surface area contributed by atoms with Crippen LogP contribution in [0.15, 0.2) is 78.9 Å². The normalized spacial score (nSPS) is 11.5. The molecule has 0 fully saturated rings. The molecule has 0 aliphatic rings. The SMILES string of the molecule is CCNC(=O)C(Cc1ccccc1)N(Cc1ccccc1C)C(=O)COc1ccccc1F. The second-order valence-corrected chi connectivity index (χ2v) is 7.77. The fourth-order valence-electron chi connectivity index (χ4n) is 3.60. The number of hydrogen-bond donors (Lipinski definition) is 1. The van der Waals surface area contributed by atoms with Crippen molar-refractivity contribution >= 4 is 11.8 Å². The van der Waals surface area contributed by atoms with Crippen molar-refractivity contribution in [2.45, 2.75) is 32.9 Å². The average Bonchev–Trinajstić information content (AvgIpc) is 2.82. The van der Waals surface area contributed by atoms with Crippen molar-refractivity contribution in [3.63, 3.8) is 0 Å². The maximum atomic E-state index is 14.0. The number of aryl methyl sites for hydroxylation is 1. The van der Waals surface area contributed by atoms with Crippen molar-refractivity contribution in [2.75, 3.05) is 13.2 Å². The third-order valence-electron chi connectivity index (χ3n) is 5.41. The lowest BCUT2D eigenvalue weighted by Crippen LogP contribution is -2.51. The molecular weight excluding hydrogens is 419 g/mol. The van der Waals surface area contributed by atoms with Crippen LogP contribution in [0, 0.1) is 12.7 Å². The zero-order valence-corrected chi connectivity index (χ0v) is 19.0. The zero-order valence-electron chi connectivity index (χ0n) is 19.0. The van der Waals surface area contributed by atoms with Gasteiger partial charge in [0, 0.05) is 19.5 Å². The molecule has 1 unspecified atom stereocenters. The van der Waals surface area contributed by atoms with Crippen molar-refractivity contribution in [3.8, 4) is 5.75 Å². The average molecular weight is 449 g/mol. The Balaban J connectivity index is 1.91. The van der Waals surface area contributed by atoms with Gasteiger partial charge in [-0.3, -0.25) is 9.59 Å². The van der Waals surface area contributed by atoms with Crippen LogP contribution in [-0.4, -0.2) is 35.9 Å². The number of hydrogen-bond acceptors (Lipinski definition) is 3. The number of ether oxygens (including phenoxy) is 1. The summed E-state index contributed by atoms with van der Waals surface area (Å²) < 4.78 is 19.5. The maximum absolute atomic E-state index is 14.0. The summed E-state index contributed by atoms with van der Waals surface area (Å²) in [5.74, 6) is -1.18. The van der Waals surface area contributed by atoms with Gasteiger partial charge in [-0.2, -0.15) is 0 Å². The third-order valence-corrected chi connectivity index (χ3v) is 5.41. The van der Waals surface area contributed by atoms with Crippen LogP contribution in [0.1, 0.15) is 23.6 Å². The van der Waals surface area contributed by atoms with Gasteiger partial charge in [0.05, 0.1) is 0 Å². The zero-order chi connectivity index (χ0) is 23.6. The molecule has 172 valence electrons. The molecule has 3 aromatic rings. The summed E-state index contributed by atoms with van der Waals surface area (Å²) in [4.78, 5) is 28.0. The van der Waals surface area contributed by atoms with E-state index in [9.17, 15) is 14.0 Å². The number of amides is 2. The minimum Gasteiger partial charge on any atom is -0.481 e. The van der Waals surface area contributed by atoms with Gasteiger partial charge in [-0.1, -0.05) is 66.7 Å². The van der Waals surface area contributed by atoms with Crippen molar-refractivity contribution in [2.24, 2.45) is 0 Å². The minimum atomic E-state index is -0.747. The molecule has 33 heavy (non-hydrogen) atoms. The van der Waals surface area contributed by atoms with Gasteiger partial charge >= 0.3 is 0 Å². The summed E-state index contributed by atoms with van der Waals surface area (Å²) in [6.07, 6.45) is 0.351. The topological polar surface area (TPSA) is 58.6 Å². The summed E-state index contributed by atoms with van der Waals surface area (Å²) in [5, 5.41) is 2.85. The van der Waals surface area contributed by atoms with Crippen LogP contribution in [-0.2, 0) is 22.6 Å². The Hall–Kier alpha value is -3.67. The molecule has 3 aromatic carbocycles. The third kappa shape index (κ3) is 6.65. The van der Waals surface area contributed by atoms with Crippen LogP contribution >= 0.6 is 0 Å². The first-order valence-corrected chi connectivity index (χ1v) is 11.0. The van der Waals surface area contributed by atoms with Gasteiger partial charge in [0.15, 0.2) is 18.2 Å². The van der Waals surface area contributed by atoms with Gasteiger partial charge in [-0.15, -0.1) is 0 Å². The van der Waals surface area contributed by atoms with E-state index in [0.29, 0.717) is 13.0 Å². The van der Waals surface area contributed by atoms with E-state index < -0.39 is 17.8 Å². The molecule has 0 aromatic heterocycles. The predicted octanol–water partition coefficient (Wildman–Crippen LogP) is 4.29. The van der Waals surface area contributed by atoms with Crippen LogP contribution in [0.4, 0.5) is 4.39 Å². The summed E-state index contributed by atoms with van der Waals surface area (Å²) in [6.45, 7) is 4.11. The number of likely N-dealkylation sites (N-methyl/N-ethyl adjacent to an activating group) is 1. The Morgan fingerprint density at radius 3 is 2.33 bits per heavy atom. The number of para-hydroxylation sites is 1. The summed E-state index contributed by atoms with van der Waals surface area (Å²) in [5.41, 5.74) is 2.88. The van der Waals surface area contributed by atoms with E-state index in [0.717, 1.165) is 16.7 Å². The molecule has 0 saturated heterocycles. The molecule has 1 N–H and O–H groups in total. The number of rotatable bonds is 10. The Kier molecular flexibility index (Phi) is 8.58. The highest BCUT2D eigenvalue weighted by atomic mass is 19.1. The second kappa shape index (κ2) is 11.8. The molecule has 1 atom stereocenters. The number of carbonyl (C=O) groups excluding carboxylic acids is 2. The largest absolute Gasteiger partial charge is 0.481 e. The maximum Gasteiger partial charge on any atom is 0.261 e. The van der Waals surface area contributed by atoms with Gasteiger partial charge in [0.25, 0.3) is 5.91 Å². The van der Waals surface area contributed by atoms with E-state index in [2.05, 4.69) is 5.32 Å². The molecule has 0 aliphatic heterocycles. The van der Waals surface area contributed by atoms with E-state index in [-0.39, 0.29) is 24.8 Å². The quantitative estimate of drug-likeness (QED) is 0.503. The van der Waals surface area contributed by atoms with Crippen LogP contribution in [0.25, 0.3) is 0 Å². The highest BCUT2D eigenvalue weighted by Gasteiger charge is 2.30. The highest BCUT2D eigenvalue weighted by molar-refractivity contribution is 5.88. The Bertz CT molecular complexity index is 1070. The molecule has 0 saturated carbocycles. The summed E-state index contributed by atoms with van der Waals surface area (Å²) >= 11 is 0. The highest BCUT2D eigenvalue weighted by Crippen LogP contribution is 2.19. The predicted molar refractivity (Wildman–Crippen MR) is 126 cm³/mol. The number of halogens is 1. The Labute approximate surface area is 194 Å². The summed E-state index contributed by atoms with van der Waals surface area (Å²) in [6, 6.07) is 22.5. The first-order valence-electron chi connectivity index (χ1n) is 11.0. The van der Waals surface area contributed by atoms with Gasteiger partial charge in [0.1, 0.15) is 6.04 Å². The summed E-state index contributed by atoms with van der Waals surface area (Å²) in [7, 11) is 0. The van der Waals surface area contributed by atoms with Crippen molar-refractivity contribution < 1.29 is 18.7 Å². The Morgan fingerprint density at radius 2 is 1.64 bits per heavy atom. The van der Waals surface area contributed by atoms with Crippen LogP contribution < -0.4 is 10.1 Å². The molecule has 0 aliphatic carbocycles. The molecule has 6 heteroatoms. The number of benzene rings is 3. The lowest BCUT2D eigenvalue weighted by atomic mass is 10.0. The van der Waals surface area contributed by atoms with Crippen LogP contribution in [0.2, 0.25) is 0 Å². The molecular formula is C27H29FN2O3. The second-order valence-electron chi connectivity index (χ2n) is 7.77. The first-order chi connectivity index (χ1) is 16.0. The first kappa shape index (κ1) is 24.0. The fraction of sp³-hybridized carbons (Fsp3) is 0.259.